The van der Waals surface area contributed by atoms with Crippen LogP contribution in [-0.4, -0.2) is 35.7 Å². The van der Waals surface area contributed by atoms with Crippen LogP contribution in [0.3, 0.4) is 0 Å². The van der Waals surface area contributed by atoms with Crippen molar-refractivity contribution in [1.82, 2.24) is 9.88 Å². The molecule has 2 aliphatic heterocycles. The molecule has 14 heavy (non-hydrogen) atoms. The highest BCUT2D eigenvalue weighted by atomic mass is 16.6. The predicted octanol–water partition coefficient (Wildman–Crippen LogP) is 0.839. The average molecular weight is 190 g/mol. The maximum atomic E-state index is 5.24. The zero-order chi connectivity index (χ0) is 9.38. The van der Waals surface area contributed by atoms with Gasteiger partial charge in [-0.3, -0.25) is 9.88 Å². The lowest BCUT2D eigenvalue weighted by atomic mass is 10.1. The standard InChI is InChI=1S/C11H14N2O/c1-2-9-3-5-13(6-10-8-14-10)7-11(9)12-4-1/h1-2,4,10H,3,5-8H2/t10-/m1/s1. The number of fused-ring (bicyclic) bond motifs is 1. The number of pyridine rings is 1. The van der Waals surface area contributed by atoms with Crippen LogP contribution in [0.1, 0.15) is 11.3 Å². The van der Waals surface area contributed by atoms with Crippen LogP contribution in [0.2, 0.25) is 0 Å². The molecule has 0 N–H and O–H groups in total. The topological polar surface area (TPSA) is 28.7 Å². The van der Waals surface area contributed by atoms with Gasteiger partial charge in [0, 0.05) is 25.8 Å². The highest BCUT2D eigenvalue weighted by Crippen LogP contribution is 2.19. The molecule has 0 unspecified atom stereocenters. The lowest BCUT2D eigenvalue weighted by molar-refractivity contribution is 0.223. The lowest BCUT2D eigenvalue weighted by Gasteiger charge is -2.26. The third kappa shape index (κ3) is 1.65. The summed E-state index contributed by atoms with van der Waals surface area (Å²) in [5.74, 6) is 0. The molecule has 0 spiro atoms. The van der Waals surface area contributed by atoms with E-state index < -0.39 is 0 Å². The molecular weight excluding hydrogens is 176 g/mol. The second-order valence-electron chi connectivity index (χ2n) is 4.05. The number of rotatable bonds is 2. The van der Waals surface area contributed by atoms with Crippen LogP contribution in [0.5, 0.6) is 0 Å². The van der Waals surface area contributed by atoms with Gasteiger partial charge in [0.25, 0.3) is 0 Å². The summed E-state index contributed by atoms with van der Waals surface area (Å²) in [6.45, 7) is 4.18. The number of aromatic nitrogens is 1. The van der Waals surface area contributed by atoms with Crippen molar-refractivity contribution >= 4 is 0 Å². The maximum Gasteiger partial charge on any atom is 0.0936 e. The van der Waals surface area contributed by atoms with Crippen LogP contribution in [0, 0.1) is 0 Å². The van der Waals surface area contributed by atoms with E-state index in [4.69, 9.17) is 4.74 Å². The predicted molar refractivity (Wildman–Crippen MR) is 53.0 cm³/mol. The molecule has 0 bridgehead atoms. The molecule has 3 heterocycles. The minimum Gasteiger partial charge on any atom is -0.372 e. The molecule has 0 saturated carbocycles. The fourth-order valence-corrected chi connectivity index (χ4v) is 2.03. The number of ether oxygens (including phenoxy) is 1. The molecule has 1 aromatic heterocycles. The first kappa shape index (κ1) is 8.38. The van der Waals surface area contributed by atoms with Gasteiger partial charge < -0.3 is 4.74 Å². The summed E-state index contributed by atoms with van der Waals surface area (Å²) in [6.07, 6.45) is 3.52. The molecule has 1 aromatic rings. The molecule has 0 amide bonds. The Bertz CT molecular complexity index is 336. The summed E-state index contributed by atoms with van der Waals surface area (Å²) >= 11 is 0. The Morgan fingerprint density at radius 3 is 3.36 bits per heavy atom. The molecule has 0 aliphatic carbocycles. The molecule has 0 radical (unpaired) electrons. The number of hydrogen-bond acceptors (Lipinski definition) is 3. The zero-order valence-corrected chi connectivity index (χ0v) is 8.15. The Hall–Kier alpha value is -0.930. The molecule has 1 atom stereocenters. The van der Waals surface area contributed by atoms with Gasteiger partial charge in [-0.2, -0.15) is 0 Å². The van der Waals surface area contributed by atoms with Crippen molar-refractivity contribution in [3.8, 4) is 0 Å². The fraction of sp³-hybridized carbons (Fsp3) is 0.545. The largest absolute Gasteiger partial charge is 0.372 e. The van der Waals surface area contributed by atoms with E-state index in [0.29, 0.717) is 6.10 Å². The minimum atomic E-state index is 0.500. The summed E-state index contributed by atoms with van der Waals surface area (Å²) in [5.41, 5.74) is 2.67. The van der Waals surface area contributed by atoms with Gasteiger partial charge in [-0.15, -0.1) is 0 Å². The maximum absolute atomic E-state index is 5.24. The van der Waals surface area contributed by atoms with Gasteiger partial charge in [-0.05, 0) is 18.1 Å². The van der Waals surface area contributed by atoms with Crippen molar-refractivity contribution < 1.29 is 4.74 Å². The van der Waals surface area contributed by atoms with Gasteiger partial charge in [0.05, 0.1) is 18.4 Å². The highest BCUT2D eigenvalue weighted by Gasteiger charge is 2.27. The third-order valence-corrected chi connectivity index (χ3v) is 2.92. The van der Waals surface area contributed by atoms with Crippen LogP contribution in [-0.2, 0) is 17.7 Å². The van der Waals surface area contributed by atoms with Crippen molar-refractivity contribution in [2.24, 2.45) is 0 Å². The normalized spacial score (nSPS) is 25.9. The van der Waals surface area contributed by atoms with Gasteiger partial charge in [0.2, 0.25) is 0 Å². The van der Waals surface area contributed by atoms with Crippen molar-refractivity contribution in [2.75, 3.05) is 19.7 Å². The molecule has 2 aliphatic rings. The highest BCUT2D eigenvalue weighted by molar-refractivity contribution is 5.22. The monoisotopic (exact) mass is 190 g/mol. The van der Waals surface area contributed by atoms with E-state index in [2.05, 4.69) is 16.0 Å². The quantitative estimate of drug-likeness (QED) is 0.647. The van der Waals surface area contributed by atoms with Crippen molar-refractivity contribution in [1.29, 1.82) is 0 Å². The van der Waals surface area contributed by atoms with E-state index in [1.807, 2.05) is 12.3 Å². The van der Waals surface area contributed by atoms with E-state index >= 15 is 0 Å². The Morgan fingerprint density at radius 2 is 2.50 bits per heavy atom. The Labute approximate surface area is 83.7 Å². The summed E-state index contributed by atoms with van der Waals surface area (Å²) < 4.78 is 5.24. The van der Waals surface area contributed by atoms with E-state index in [9.17, 15) is 0 Å². The minimum absolute atomic E-state index is 0.500. The molecule has 3 nitrogen and oxygen atoms in total. The van der Waals surface area contributed by atoms with Gasteiger partial charge >= 0.3 is 0 Å². The van der Waals surface area contributed by atoms with E-state index in [1.54, 1.807) is 0 Å². The zero-order valence-electron chi connectivity index (χ0n) is 8.15. The van der Waals surface area contributed by atoms with Crippen molar-refractivity contribution in [2.45, 2.75) is 19.1 Å². The van der Waals surface area contributed by atoms with E-state index in [1.165, 1.54) is 11.3 Å². The van der Waals surface area contributed by atoms with Crippen molar-refractivity contribution in [3.05, 3.63) is 29.6 Å². The summed E-state index contributed by atoms with van der Waals surface area (Å²) in [4.78, 5) is 6.85. The Balaban J connectivity index is 1.72. The van der Waals surface area contributed by atoms with Crippen LogP contribution in [0.15, 0.2) is 18.3 Å². The van der Waals surface area contributed by atoms with E-state index in [0.717, 1.165) is 32.7 Å². The van der Waals surface area contributed by atoms with Crippen LogP contribution in [0.4, 0.5) is 0 Å². The first-order valence-corrected chi connectivity index (χ1v) is 5.18. The van der Waals surface area contributed by atoms with Crippen LogP contribution < -0.4 is 0 Å². The van der Waals surface area contributed by atoms with Gasteiger partial charge in [-0.25, -0.2) is 0 Å². The van der Waals surface area contributed by atoms with E-state index in [-0.39, 0.29) is 0 Å². The second kappa shape index (κ2) is 3.33. The molecule has 0 aromatic carbocycles. The Morgan fingerprint density at radius 1 is 1.57 bits per heavy atom. The molecule has 3 heteroatoms. The average Bonchev–Trinajstić information content (AvgIpc) is 3.02. The van der Waals surface area contributed by atoms with Gasteiger partial charge in [-0.1, -0.05) is 6.07 Å². The smallest absolute Gasteiger partial charge is 0.0936 e. The molecule has 3 rings (SSSR count). The lowest BCUT2D eigenvalue weighted by Crippen LogP contribution is -2.34. The molecule has 1 saturated heterocycles. The summed E-state index contributed by atoms with van der Waals surface area (Å²) in [7, 11) is 0. The van der Waals surface area contributed by atoms with Crippen LogP contribution in [0.25, 0.3) is 0 Å². The second-order valence-corrected chi connectivity index (χ2v) is 4.05. The SMILES string of the molecule is c1cnc2c(c1)CCN(C[C@@H]1CO1)C2. The van der Waals surface area contributed by atoms with Gasteiger partial charge in [0.1, 0.15) is 0 Å². The molecule has 1 fully saturated rings. The first-order chi connectivity index (χ1) is 6.92. The number of hydrogen-bond donors (Lipinski definition) is 0. The first-order valence-electron chi connectivity index (χ1n) is 5.18. The number of nitrogens with zero attached hydrogens (tertiary/aromatic N) is 2. The summed E-state index contributed by atoms with van der Waals surface area (Å²) in [6, 6.07) is 4.21. The Kier molecular flexibility index (Phi) is 2.00. The van der Waals surface area contributed by atoms with Crippen LogP contribution >= 0.6 is 0 Å². The molecule has 74 valence electrons. The van der Waals surface area contributed by atoms with Crippen molar-refractivity contribution in [3.63, 3.8) is 0 Å². The number of epoxide rings is 1. The fourth-order valence-electron chi connectivity index (χ4n) is 2.03. The third-order valence-electron chi connectivity index (χ3n) is 2.92. The molecular formula is C11H14N2O. The summed E-state index contributed by atoms with van der Waals surface area (Å²) in [5, 5.41) is 0. The van der Waals surface area contributed by atoms with Gasteiger partial charge in [0.15, 0.2) is 0 Å².